The van der Waals surface area contributed by atoms with Gasteiger partial charge in [0.25, 0.3) is 11.0 Å². The van der Waals surface area contributed by atoms with E-state index in [0.29, 0.717) is 11.8 Å². The summed E-state index contributed by atoms with van der Waals surface area (Å²) in [5.74, 6) is -8.49. The highest BCUT2D eigenvalue weighted by atomic mass is 32.2. The minimum atomic E-state index is -3.68. The summed E-state index contributed by atoms with van der Waals surface area (Å²) in [6.07, 6.45) is -0.637. The lowest BCUT2D eigenvalue weighted by Crippen LogP contribution is -2.58. The Hall–Kier alpha value is -1.47. The van der Waals surface area contributed by atoms with Crippen LogP contribution in [0.4, 0.5) is 8.78 Å². The van der Waals surface area contributed by atoms with Crippen LogP contribution in [0.1, 0.15) is 16.8 Å². The predicted octanol–water partition coefficient (Wildman–Crippen LogP) is 1.83. The van der Waals surface area contributed by atoms with Gasteiger partial charge < -0.3 is 9.84 Å². The van der Waals surface area contributed by atoms with Gasteiger partial charge in [-0.05, 0) is 12.1 Å². The lowest BCUT2D eigenvalue weighted by Gasteiger charge is -2.35. The van der Waals surface area contributed by atoms with Gasteiger partial charge >= 0.3 is 11.8 Å². The molecule has 4 nitrogen and oxygen atoms in total. The Morgan fingerprint density at radius 1 is 1.32 bits per heavy atom. The Kier molecular flexibility index (Phi) is 3.60. The molecule has 1 aliphatic rings. The van der Waals surface area contributed by atoms with Gasteiger partial charge in [-0.3, -0.25) is 4.79 Å². The quantitative estimate of drug-likeness (QED) is 0.841. The van der Waals surface area contributed by atoms with Gasteiger partial charge in [-0.15, -0.1) is 0 Å². The Morgan fingerprint density at radius 2 is 1.95 bits per heavy atom. The van der Waals surface area contributed by atoms with Crippen molar-refractivity contribution >= 4 is 22.8 Å². The molecule has 2 rings (SSSR count). The maximum atomic E-state index is 14.2. The van der Waals surface area contributed by atoms with Crippen LogP contribution in [0.15, 0.2) is 30.3 Å². The van der Waals surface area contributed by atoms with E-state index in [1.54, 1.807) is 6.07 Å². The number of halogens is 2. The van der Waals surface area contributed by atoms with Gasteiger partial charge in [0.1, 0.15) is 0 Å². The Labute approximate surface area is 111 Å². The number of ether oxygens (including phenoxy) is 1. The molecule has 0 spiro atoms. The minimum absolute atomic E-state index is 0.0429. The summed E-state index contributed by atoms with van der Waals surface area (Å²) in [6, 6.07) is 7.27. The molecule has 0 bridgehead atoms. The molecule has 7 heteroatoms. The molecule has 1 fully saturated rings. The van der Waals surface area contributed by atoms with Gasteiger partial charge in [0.15, 0.2) is 0 Å². The largest absolute Gasteiger partial charge is 0.412 e. The summed E-state index contributed by atoms with van der Waals surface area (Å²) in [5.41, 5.74) is -0.0429. The van der Waals surface area contributed by atoms with Crippen molar-refractivity contribution in [1.82, 2.24) is 0 Å². The molecule has 2 atom stereocenters. The first kappa shape index (κ1) is 14.0. The monoisotopic (exact) mass is 288 g/mol. The van der Waals surface area contributed by atoms with Crippen molar-refractivity contribution in [1.29, 1.82) is 0 Å². The van der Waals surface area contributed by atoms with Crippen LogP contribution in [0.2, 0.25) is 0 Å². The van der Waals surface area contributed by atoms with Crippen molar-refractivity contribution in [2.45, 2.75) is 18.1 Å². The fraction of sp³-hybridized carbons (Fsp3) is 0.333. The minimum Gasteiger partial charge on any atom is -0.412 e. The van der Waals surface area contributed by atoms with Crippen molar-refractivity contribution < 1.29 is 28.2 Å². The van der Waals surface area contributed by atoms with Crippen molar-refractivity contribution in [3.8, 4) is 0 Å². The number of esters is 1. The summed E-state index contributed by atoms with van der Waals surface area (Å²) < 4.78 is 32.2. The molecule has 1 aromatic rings. The number of carbonyl (C=O) groups excluding carboxylic acids is 2. The van der Waals surface area contributed by atoms with Crippen LogP contribution in [0.5, 0.6) is 0 Å². The topological polar surface area (TPSA) is 63.6 Å². The molecular formula is C12H10F2O4S. The van der Waals surface area contributed by atoms with Crippen LogP contribution in [-0.4, -0.2) is 33.7 Å². The number of benzene rings is 1. The third-order valence-electron chi connectivity index (χ3n) is 2.66. The van der Waals surface area contributed by atoms with Crippen LogP contribution < -0.4 is 0 Å². The van der Waals surface area contributed by atoms with Gasteiger partial charge in [-0.1, -0.05) is 30.0 Å². The van der Waals surface area contributed by atoms with Crippen LogP contribution >= 0.6 is 11.8 Å². The fourth-order valence-electron chi connectivity index (χ4n) is 1.57. The first-order chi connectivity index (χ1) is 8.87. The van der Waals surface area contributed by atoms with E-state index in [1.807, 2.05) is 0 Å². The second kappa shape index (κ2) is 4.90. The molecule has 0 saturated carbocycles. The Morgan fingerprint density at radius 3 is 2.53 bits per heavy atom. The normalized spacial score (nSPS) is 31.0. The van der Waals surface area contributed by atoms with Gasteiger partial charge in [0.2, 0.25) is 0 Å². The molecule has 1 saturated heterocycles. The summed E-state index contributed by atoms with van der Waals surface area (Å²) >= 11 is 0.473. The molecular weight excluding hydrogens is 278 g/mol. The maximum Gasteiger partial charge on any atom is 0.378 e. The first-order valence-electron chi connectivity index (χ1n) is 5.43. The fourth-order valence-corrected chi connectivity index (χ4v) is 2.51. The zero-order valence-electron chi connectivity index (χ0n) is 9.64. The van der Waals surface area contributed by atoms with Crippen LogP contribution in [0.3, 0.4) is 0 Å². The zero-order chi connectivity index (χ0) is 14.1. The van der Waals surface area contributed by atoms with Crippen LogP contribution in [-0.2, 0) is 9.53 Å². The van der Waals surface area contributed by atoms with Crippen LogP contribution in [0, 0.1) is 0 Å². The number of thioether (sulfide) groups is 1. The number of alkyl halides is 2. The number of hydrogen-bond donors (Lipinski definition) is 1. The average Bonchev–Trinajstić information content (AvgIpc) is 2.37. The summed E-state index contributed by atoms with van der Waals surface area (Å²) in [5, 5.41) is 7.95. The number of rotatable bonds is 2. The third-order valence-corrected chi connectivity index (χ3v) is 3.60. The Balaban J connectivity index is 2.25. The van der Waals surface area contributed by atoms with E-state index in [-0.39, 0.29) is 11.3 Å². The van der Waals surface area contributed by atoms with Crippen molar-refractivity contribution in [3.63, 3.8) is 0 Å². The van der Waals surface area contributed by atoms with Gasteiger partial charge in [-0.2, -0.15) is 4.39 Å². The molecule has 0 aliphatic carbocycles. The van der Waals surface area contributed by atoms with Crippen molar-refractivity contribution in [2.75, 3.05) is 5.75 Å². The third kappa shape index (κ3) is 2.48. The molecule has 19 heavy (non-hydrogen) atoms. The lowest BCUT2D eigenvalue weighted by molar-refractivity contribution is -0.269. The van der Waals surface area contributed by atoms with Crippen molar-refractivity contribution in [2.24, 2.45) is 0 Å². The second-order valence-corrected chi connectivity index (χ2v) is 5.06. The van der Waals surface area contributed by atoms with E-state index in [4.69, 9.17) is 0 Å². The Bertz CT molecular complexity index is 506. The predicted molar refractivity (Wildman–Crippen MR) is 63.8 cm³/mol. The SMILES string of the molecule is O=C(OC1(F)C(=O)SCCC1(O)F)c1ccccc1. The molecule has 102 valence electrons. The number of aliphatic hydroxyl groups is 1. The second-order valence-electron chi connectivity index (χ2n) is 4.00. The van der Waals surface area contributed by atoms with Gasteiger partial charge in [-0.25, -0.2) is 9.18 Å². The van der Waals surface area contributed by atoms with E-state index in [9.17, 15) is 23.5 Å². The standard InChI is InChI=1S/C12H10F2O4S/c13-11(17)6-7-19-10(16)12(11,14)18-9(15)8-4-2-1-3-5-8/h1-5,17H,6-7H2. The van der Waals surface area contributed by atoms with E-state index in [0.717, 1.165) is 0 Å². The molecule has 0 aromatic heterocycles. The molecule has 0 amide bonds. The molecule has 0 radical (unpaired) electrons. The lowest BCUT2D eigenvalue weighted by atomic mass is 10.1. The highest BCUT2D eigenvalue weighted by molar-refractivity contribution is 8.13. The van der Waals surface area contributed by atoms with Gasteiger partial charge in [0, 0.05) is 12.2 Å². The smallest absolute Gasteiger partial charge is 0.378 e. The first-order valence-corrected chi connectivity index (χ1v) is 6.41. The maximum absolute atomic E-state index is 14.2. The number of carbonyl (C=O) groups is 2. The van der Waals surface area contributed by atoms with E-state index in [2.05, 4.69) is 4.74 Å². The van der Waals surface area contributed by atoms with E-state index < -0.39 is 29.2 Å². The summed E-state index contributed by atoms with van der Waals surface area (Å²) in [6.45, 7) is 0. The highest BCUT2D eigenvalue weighted by Gasteiger charge is 2.64. The molecule has 1 N–H and O–H groups in total. The molecule has 1 aromatic carbocycles. The molecule has 1 aliphatic heterocycles. The van der Waals surface area contributed by atoms with E-state index >= 15 is 0 Å². The van der Waals surface area contributed by atoms with E-state index in [1.165, 1.54) is 24.3 Å². The van der Waals surface area contributed by atoms with Gasteiger partial charge in [0.05, 0.1) is 5.56 Å². The average molecular weight is 288 g/mol. The van der Waals surface area contributed by atoms with Crippen LogP contribution in [0.25, 0.3) is 0 Å². The summed E-state index contributed by atoms with van der Waals surface area (Å²) in [4.78, 5) is 23.1. The highest BCUT2D eigenvalue weighted by Crippen LogP contribution is 2.42. The zero-order valence-corrected chi connectivity index (χ0v) is 10.5. The molecule has 1 heterocycles. The van der Waals surface area contributed by atoms with Crippen molar-refractivity contribution in [3.05, 3.63) is 35.9 Å². The summed E-state index contributed by atoms with van der Waals surface area (Å²) in [7, 11) is 0. The molecule has 2 unspecified atom stereocenters. The number of hydrogen-bond acceptors (Lipinski definition) is 5.